The molecule has 1 fully saturated rings. The molecule has 4 rings (SSSR count). The average Bonchev–Trinajstić information content (AvgIpc) is 3.36. The van der Waals surface area contributed by atoms with E-state index < -0.39 is 0 Å². The molecule has 27 heavy (non-hydrogen) atoms. The Morgan fingerprint density at radius 1 is 1.33 bits per heavy atom. The highest BCUT2D eigenvalue weighted by Crippen LogP contribution is 2.22. The first kappa shape index (κ1) is 17.8. The van der Waals surface area contributed by atoms with Gasteiger partial charge in [-0.3, -0.25) is 9.48 Å². The lowest BCUT2D eigenvalue weighted by Gasteiger charge is -2.22. The molecule has 0 radical (unpaired) electrons. The standard InChI is InChI=1S/C21H27N5O/c1-2-15-5-3-7-18-16(13-24-20(15)18)8-11-23-21(27)19-9-12-26(25-19)17-6-4-10-22-14-17/h3,5,7,9,12-13,17,22,24H,2,4,6,8,10-11,14H2,1H3,(H,23,27). The Morgan fingerprint density at radius 3 is 3.07 bits per heavy atom. The minimum atomic E-state index is -0.105. The highest BCUT2D eigenvalue weighted by atomic mass is 16.1. The summed E-state index contributed by atoms with van der Waals surface area (Å²) in [4.78, 5) is 15.8. The number of carbonyl (C=O) groups is 1. The zero-order chi connectivity index (χ0) is 18.6. The summed E-state index contributed by atoms with van der Waals surface area (Å²) in [6.45, 7) is 4.75. The van der Waals surface area contributed by atoms with Crippen molar-refractivity contribution in [3.8, 4) is 0 Å². The number of nitrogens with one attached hydrogen (secondary N) is 3. The van der Waals surface area contributed by atoms with Crippen LogP contribution in [-0.2, 0) is 12.8 Å². The number of benzene rings is 1. The number of carbonyl (C=O) groups excluding carboxylic acids is 1. The number of aromatic nitrogens is 3. The van der Waals surface area contributed by atoms with Crippen LogP contribution in [0.25, 0.3) is 10.9 Å². The largest absolute Gasteiger partial charge is 0.361 e. The van der Waals surface area contributed by atoms with Gasteiger partial charge >= 0.3 is 0 Å². The summed E-state index contributed by atoms with van der Waals surface area (Å²) in [5, 5.41) is 12.1. The van der Waals surface area contributed by atoms with Gasteiger partial charge in [-0.05, 0) is 49.4 Å². The molecule has 6 nitrogen and oxygen atoms in total. The predicted molar refractivity (Wildman–Crippen MR) is 107 cm³/mol. The summed E-state index contributed by atoms with van der Waals surface area (Å²) in [5.41, 5.74) is 4.26. The number of para-hydroxylation sites is 1. The van der Waals surface area contributed by atoms with Gasteiger partial charge in [0.1, 0.15) is 5.69 Å². The summed E-state index contributed by atoms with van der Waals surface area (Å²) in [5.74, 6) is -0.105. The van der Waals surface area contributed by atoms with Crippen molar-refractivity contribution in [2.24, 2.45) is 0 Å². The minimum absolute atomic E-state index is 0.105. The maximum atomic E-state index is 12.4. The number of hydrogen-bond donors (Lipinski definition) is 3. The summed E-state index contributed by atoms with van der Waals surface area (Å²) in [7, 11) is 0. The van der Waals surface area contributed by atoms with Crippen molar-refractivity contribution in [3.63, 3.8) is 0 Å². The van der Waals surface area contributed by atoms with E-state index in [9.17, 15) is 4.79 Å². The number of fused-ring (bicyclic) bond motifs is 1. The number of rotatable bonds is 6. The van der Waals surface area contributed by atoms with Gasteiger partial charge < -0.3 is 15.6 Å². The van der Waals surface area contributed by atoms with Crippen molar-refractivity contribution in [2.45, 2.75) is 38.6 Å². The smallest absolute Gasteiger partial charge is 0.271 e. The number of amides is 1. The van der Waals surface area contributed by atoms with Gasteiger partial charge in [0.05, 0.1) is 6.04 Å². The molecule has 0 aliphatic carbocycles. The van der Waals surface area contributed by atoms with Crippen molar-refractivity contribution in [1.29, 1.82) is 0 Å². The zero-order valence-corrected chi connectivity index (χ0v) is 15.8. The fourth-order valence-electron chi connectivity index (χ4n) is 3.90. The van der Waals surface area contributed by atoms with Crippen LogP contribution in [0.5, 0.6) is 0 Å². The van der Waals surface area contributed by atoms with Crippen LogP contribution in [0.15, 0.2) is 36.7 Å². The van der Waals surface area contributed by atoms with Crippen LogP contribution in [0.3, 0.4) is 0 Å². The van der Waals surface area contributed by atoms with E-state index in [1.165, 1.54) is 22.0 Å². The third-order valence-electron chi connectivity index (χ3n) is 5.43. The van der Waals surface area contributed by atoms with Crippen molar-refractivity contribution >= 4 is 16.8 Å². The third kappa shape index (κ3) is 3.76. The van der Waals surface area contributed by atoms with Gasteiger partial charge in [-0.15, -0.1) is 0 Å². The van der Waals surface area contributed by atoms with E-state index in [1.807, 2.05) is 16.9 Å². The molecule has 0 bridgehead atoms. The van der Waals surface area contributed by atoms with Crippen molar-refractivity contribution in [3.05, 3.63) is 53.5 Å². The van der Waals surface area contributed by atoms with Gasteiger partial charge in [-0.2, -0.15) is 5.10 Å². The monoisotopic (exact) mass is 365 g/mol. The Bertz CT molecular complexity index is 920. The van der Waals surface area contributed by atoms with Gasteiger partial charge in [-0.25, -0.2) is 0 Å². The van der Waals surface area contributed by atoms with E-state index in [1.54, 1.807) is 0 Å². The van der Waals surface area contributed by atoms with Crippen molar-refractivity contribution in [2.75, 3.05) is 19.6 Å². The molecule has 142 valence electrons. The van der Waals surface area contributed by atoms with Crippen LogP contribution in [0.2, 0.25) is 0 Å². The first-order valence-corrected chi connectivity index (χ1v) is 9.88. The molecular formula is C21H27N5O. The molecule has 0 saturated carbocycles. The molecule has 1 aromatic carbocycles. The molecule has 1 amide bonds. The first-order valence-electron chi connectivity index (χ1n) is 9.88. The van der Waals surface area contributed by atoms with E-state index in [4.69, 9.17) is 0 Å². The normalized spacial score (nSPS) is 17.3. The second-order valence-electron chi connectivity index (χ2n) is 7.19. The molecule has 6 heteroatoms. The summed E-state index contributed by atoms with van der Waals surface area (Å²) >= 11 is 0. The van der Waals surface area contributed by atoms with E-state index in [2.05, 4.69) is 52.0 Å². The Morgan fingerprint density at radius 2 is 2.26 bits per heavy atom. The average molecular weight is 365 g/mol. The Balaban J connectivity index is 1.35. The first-order chi connectivity index (χ1) is 13.3. The molecule has 1 aliphatic heterocycles. The van der Waals surface area contributed by atoms with Crippen LogP contribution in [0.1, 0.15) is 47.4 Å². The van der Waals surface area contributed by atoms with E-state index in [0.717, 1.165) is 38.8 Å². The maximum absolute atomic E-state index is 12.4. The lowest BCUT2D eigenvalue weighted by atomic mass is 10.1. The van der Waals surface area contributed by atoms with Gasteiger partial charge in [0.25, 0.3) is 5.91 Å². The fourth-order valence-corrected chi connectivity index (χ4v) is 3.90. The molecule has 1 aliphatic rings. The fraction of sp³-hybridized carbons (Fsp3) is 0.429. The zero-order valence-electron chi connectivity index (χ0n) is 15.8. The topological polar surface area (TPSA) is 74.7 Å². The highest BCUT2D eigenvalue weighted by Gasteiger charge is 2.17. The predicted octanol–water partition coefficient (Wildman–Crippen LogP) is 2.82. The second kappa shape index (κ2) is 7.96. The second-order valence-corrected chi connectivity index (χ2v) is 7.19. The van der Waals surface area contributed by atoms with Crippen LogP contribution in [0.4, 0.5) is 0 Å². The molecule has 2 aromatic heterocycles. The quantitative estimate of drug-likeness (QED) is 0.629. The molecule has 1 saturated heterocycles. The molecule has 3 aromatic rings. The van der Waals surface area contributed by atoms with Gasteiger partial charge in [-0.1, -0.05) is 25.1 Å². The SMILES string of the molecule is CCc1cccc2c(CCNC(=O)c3ccn(C4CCCNC4)n3)c[nH]c12. The third-order valence-corrected chi connectivity index (χ3v) is 5.43. The van der Waals surface area contributed by atoms with E-state index in [0.29, 0.717) is 18.3 Å². The molecule has 3 heterocycles. The van der Waals surface area contributed by atoms with Crippen LogP contribution in [-0.4, -0.2) is 40.3 Å². The summed E-state index contributed by atoms with van der Waals surface area (Å²) in [6.07, 6.45) is 8.03. The van der Waals surface area contributed by atoms with Gasteiger partial charge in [0.2, 0.25) is 0 Å². The number of aryl methyl sites for hydroxylation is 1. The highest BCUT2D eigenvalue weighted by molar-refractivity contribution is 5.92. The van der Waals surface area contributed by atoms with E-state index in [-0.39, 0.29) is 5.91 Å². The lowest BCUT2D eigenvalue weighted by Crippen LogP contribution is -2.32. The molecule has 0 spiro atoms. The number of nitrogens with zero attached hydrogens (tertiary/aromatic N) is 2. The number of hydrogen-bond acceptors (Lipinski definition) is 3. The number of H-pyrrole nitrogens is 1. The maximum Gasteiger partial charge on any atom is 0.271 e. The van der Waals surface area contributed by atoms with Crippen molar-refractivity contribution < 1.29 is 4.79 Å². The Labute approximate surface area is 159 Å². The summed E-state index contributed by atoms with van der Waals surface area (Å²) in [6, 6.07) is 8.55. The molecule has 3 N–H and O–H groups in total. The van der Waals surface area contributed by atoms with E-state index >= 15 is 0 Å². The molecule has 1 atom stereocenters. The Hall–Kier alpha value is -2.60. The van der Waals surface area contributed by atoms with Crippen molar-refractivity contribution in [1.82, 2.24) is 25.4 Å². The molecular weight excluding hydrogens is 338 g/mol. The Kier molecular flexibility index (Phi) is 5.25. The lowest BCUT2D eigenvalue weighted by molar-refractivity contribution is 0.0948. The molecule has 1 unspecified atom stereocenters. The van der Waals surface area contributed by atoms with Crippen LogP contribution >= 0.6 is 0 Å². The van der Waals surface area contributed by atoms with Crippen LogP contribution < -0.4 is 10.6 Å². The van der Waals surface area contributed by atoms with Gasteiger partial charge in [0.15, 0.2) is 0 Å². The number of piperidine rings is 1. The van der Waals surface area contributed by atoms with Gasteiger partial charge in [0, 0.05) is 36.4 Å². The van der Waals surface area contributed by atoms with Crippen LogP contribution in [0, 0.1) is 0 Å². The minimum Gasteiger partial charge on any atom is -0.361 e. The number of aromatic amines is 1. The summed E-state index contributed by atoms with van der Waals surface area (Å²) < 4.78 is 1.92.